The molecule has 134 valence electrons. The number of benzene rings is 1. The first-order valence-corrected chi connectivity index (χ1v) is 9.12. The van der Waals surface area contributed by atoms with Gasteiger partial charge in [-0.25, -0.2) is 4.98 Å². The maximum Gasteiger partial charge on any atom is 0.392 e. The molecule has 2 N–H and O–H groups in total. The quantitative estimate of drug-likeness (QED) is 0.710. The van der Waals surface area contributed by atoms with E-state index in [9.17, 15) is 4.79 Å². The molecule has 26 heavy (non-hydrogen) atoms. The summed E-state index contributed by atoms with van der Waals surface area (Å²) in [5, 5.41) is 2.84. The van der Waals surface area contributed by atoms with Crippen LogP contribution < -0.4 is 14.6 Å². The third kappa shape index (κ3) is 2.81. The first kappa shape index (κ1) is 16.6. The molecular weight excluding hydrogens is 328 g/mol. The Morgan fingerprint density at radius 1 is 1.35 bits per heavy atom. The number of carbonyl (C=O) groups excluding carboxylic acids is 1. The molecule has 3 aromatic rings. The minimum absolute atomic E-state index is 0.120. The molecule has 1 aliphatic carbocycles. The fourth-order valence-electron chi connectivity index (χ4n) is 3.64. The summed E-state index contributed by atoms with van der Waals surface area (Å²) in [5.41, 5.74) is 4.62. The highest BCUT2D eigenvalue weighted by Crippen LogP contribution is 2.32. The summed E-state index contributed by atoms with van der Waals surface area (Å²) in [6.45, 7) is 2.48. The number of aromatic nitrogens is 3. The van der Waals surface area contributed by atoms with Crippen LogP contribution in [0.4, 0.5) is 0 Å². The van der Waals surface area contributed by atoms with E-state index in [1.54, 1.807) is 12.4 Å². The summed E-state index contributed by atoms with van der Waals surface area (Å²) >= 11 is 0. The summed E-state index contributed by atoms with van der Waals surface area (Å²) in [6, 6.07) is 6.24. The highest BCUT2D eigenvalue weighted by molar-refractivity contribution is 6.03. The van der Waals surface area contributed by atoms with Crippen LogP contribution in [-0.4, -0.2) is 22.4 Å². The second-order valence-electron chi connectivity index (χ2n) is 6.62. The third-order valence-electron chi connectivity index (χ3n) is 4.95. The van der Waals surface area contributed by atoms with Crippen molar-refractivity contribution in [1.29, 1.82) is 0 Å². The Morgan fingerprint density at radius 2 is 2.19 bits per heavy atom. The summed E-state index contributed by atoms with van der Waals surface area (Å²) < 4.78 is 8.12. The molecule has 0 unspecified atom stereocenters. The number of hydrogen-bond donors (Lipinski definition) is 2. The number of aromatic amines is 1. The van der Waals surface area contributed by atoms with E-state index < -0.39 is 0 Å². The number of amides is 1. The number of aryl methyl sites for hydroxylation is 2. The molecule has 0 saturated carbocycles. The minimum Gasteiger partial charge on any atom is -0.404 e. The van der Waals surface area contributed by atoms with Crippen LogP contribution in [0.5, 0.6) is 11.6 Å². The van der Waals surface area contributed by atoms with Gasteiger partial charge in [-0.2, -0.15) is 4.57 Å². The Bertz CT molecular complexity index is 977. The molecule has 0 bridgehead atoms. The van der Waals surface area contributed by atoms with E-state index in [1.165, 1.54) is 24.0 Å². The van der Waals surface area contributed by atoms with Gasteiger partial charge in [0.25, 0.3) is 11.4 Å². The lowest BCUT2D eigenvalue weighted by Crippen LogP contribution is -2.34. The summed E-state index contributed by atoms with van der Waals surface area (Å²) in [5.74, 6) is 1.38. The zero-order valence-electron chi connectivity index (χ0n) is 15.1. The molecule has 0 spiro atoms. The molecule has 0 atom stereocenters. The van der Waals surface area contributed by atoms with Crippen LogP contribution in [0, 0.1) is 0 Å². The first-order valence-electron chi connectivity index (χ1n) is 9.12. The molecule has 0 saturated heterocycles. The van der Waals surface area contributed by atoms with E-state index >= 15 is 0 Å². The maximum atomic E-state index is 12.3. The van der Waals surface area contributed by atoms with E-state index in [4.69, 9.17) is 4.74 Å². The SMILES string of the molecule is CCNC(=O)c1c[nH]c2ncc(Oc3cccc4c3CCCC4)[n+](C)c12. The molecular formula is C20H23N4O2+. The number of carbonyl (C=O) groups is 1. The molecule has 1 aliphatic rings. The fourth-order valence-corrected chi connectivity index (χ4v) is 3.64. The van der Waals surface area contributed by atoms with Gasteiger partial charge in [0.2, 0.25) is 5.65 Å². The van der Waals surface area contributed by atoms with Crippen LogP contribution in [0.2, 0.25) is 0 Å². The molecule has 6 heteroatoms. The zero-order chi connectivity index (χ0) is 18.1. The molecule has 0 radical (unpaired) electrons. The van der Waals surface area contributed by atoms with Crippen molar-refractivity contribution in [3.8, 4) is 11.6 Å². The lowest BCUT2D eigenvalue weighted by atomic mass is 9.91. The molecule has 0 aliphatic heterocycles. The number of ether oxygens (including phenoxy) is 1. The molecule has 4 rings (SSSR count). The highest BCUT2D eigenvalue weighted by Gasteiger charge is 2.25. The predicted molar refractivity (Wildman–Crippen MR) is 98.4 cm³/mol. The molecule has 1 aromatic carbocycles. The average Bonchev–Trinajstić information content (AvgIpc) is 3.09. The van der Waals surface area contributed by atoms with Crippen molar-refractivity contribution in [3.63, 3.8) is 0 Å². The Labute approximate surface area is 152 Å². The van der Waals surface area contributed by atoms with Gasteiger partial charge in [-0.1, -0.05) is 12.1 Å². The summed E-state index contributed by atoms with van der Waals surface area (Å²) in [6.07, 6.45) is 7.96. The Kier molecular flexibility index (Phi) is 4.32. The van der Waals surface area contributed by atoms with Crippen molar-refractivity contribution in [2.75, 3.05) is 6.54 Å². The monoisotopic (exact) mass is 351 g/mol. The van der Waals surface area contributed by atoms with E-state index in [0.29, 0.717) is 23.6 Å². The van der Waals surface area contributed by atoms with Crippen molar-refractivity contribution in [2.45, 2.75) is 32.6 Å². The number of fused-ring (bicyclic) bond motifs is 2. The smallest absolute Gasteiger partial charge is 0.392 e. The van der Waals surface area contributed by atoms with Gasteiger partial charge in [0.05, 0.1) is 0 Å². The van der Waals surface area contributed by atoms with E-state index in [-0.39, 0.29) is 5.91 Å². The van der Waals surface area contributed by atoms with Crippen molar-refractivity contribution in [3.05, 3.63) is 47.3 Å². The Balaban J connectivity index is 1.75. The van der Waals surface area contributed by atoms with E-state index in [1.807, 2.05) is 30.7 Å². The molecule has 2 aromatic heterocycles. The lowest BCUT2D eigenvalue weighted by molar-refractivity contribution is -0.650. The zero-order valence-corrected chi connectivity index (χ0v) is 15.1. The fraction of sp³-hybridized carbons (Fsp3) is 0.350. The van der Waals surface area contributed by atoms with Gasteiger partial charge in [-0.3, -0.25) is 4.79 Å². The number of rotatable bonds is 4. The van der Waals surface area contributed by atoms with Crippen LogP contribution in [0.15, 0.2) is 30.6 Å². The number of nitrogens with zero attached hydrogens (tertiary/aromatic N) is 2. The number of nitrogens with one attached hydrogen (secondary N) is 2. The largest absolute Gasteiger partial charge is 0.404 e. The lowest BCUT2D eigenvalue weighted by Gasteiger charge is -2.18. The van der Waals surface area contributed by atoms with E-state index in [2.05, 4.69) is 21.4 Å². The van der Waals surface area contributed by atoms with Crippen LogP contribution in [0.3, 0.4) is 0 Å². The van der Waals surface area contributed by atoms with Crippen molar-refractivity contribution in [2.24, 2.45) is 7.05 Å². The van der Waals surface area contributed by atoms with E-state index in [0.717, 1.165) is 24.1 Å². The second kappa shape index (κ2) is 6.78. The van der Waals surface area contributed by atoms with Gasteiger partial charge in [-0.05, 0) is 49.8 Å². The van der Waals surface area contributed by atoms with Gasteiger partial charge >= 0.3 is 5.88 Å². The van der Waals surface area contributed by atoms with Crippen LogP contribution in [-0.2, 0) is 19.9 Å². The minimum atomic E-state index is -0.120. The normalized spacial score (nSPS) is 13.5. The van der Waals surface area contributed by atoms with Crippen LogP contribution in [0.25, 0.3) is 11.2 Å². The topological polar surface area (TPSA) is 70.9 Å². The van der Waals surface area contributed by atoms with Crippen LogP contribution >= 0.6 is 0 Å². The molecule has 1 amide bonds. The van der Waals surface area contributed by atoms with Gasteiger partial charge in [-0.15, -0.1) is 0 Å². The van der Waals surface area contributed by atoms with Gasteiger partial charge in [0.1, 0.15) is 24.6 Å². The third-order valence-corrected chi connectivity index (χ3v) is 4.95. The maximum absolute atomic E-state index is 12.3. The summed E-state index contributed by atoms with van der Waals surface area (Å²) in [4.78, 5) is 19.8. The van der Waals surface area contributed by atoms with Gasteiger partial charge in [0, 0.05) is 12.7 Å². The second-order valence-corrected chi connectivity index (χ2v) is 6.62. The number of hydrogen-bond acceptors (Lipinski definition) is 3. The standard InChI is InChI=1S/C20H22N4O2/c1-3-21-20(25)15-11-22-19-18(15)24(2)17(12-23-19)26-16-10-6-8-13-7-4-5-9-14(13)16/h6,8,10-12H,3-5,7,9H2,1-2H3,(H,21,25)/p+1. The molecule has 0 fully saturated rings. The van der Waals surface area contributed by atoms with Gasteiger partial charge in [0.15, 0.2) is 0 Å². The Morgan fingerprint density at radius 3 is 3.04 bits per heavy atom. The van der Waals surface area contributed by atoms with Crippen LogP contribution in [0.1, 0.15) is 41.3 Å². The number of H-pyrrole nitrogens is 1. The van der Waals surface area contributed by atoms with Gasteiger partial charge < -0.3 is 15.0 Å². The van der Waals surface area contributed by atoms with Crippen molar-refractivity contribution >= 4 is 17.1 Å². The predicted octanol–water partition coefficient (Wildman–Crippen LogP) is 2.81. The average molecular weight is 351 g/mol. The first-order chi connectivity index (χ1) is 12.7. The summed E-state index contributed by atoms with van der Waals surface area (Å²) in [7, 11) is 1.89. The van der Waals surface area contributed by atoms with Crippen molar-refractivity contribution < 1.29 is 14.1 Å². The van der Waals surface area contributed by atoms with Crippen molar-refractivity contribution in [1.82, 2.24) is 15.3 Å². The molecule has 2 heterocycles. The Hall–Kier alpha value is -2.89. The highest BCUT2D eigenvalue weighted by atomic mass is 16.5. The molecule has 6 nitrogen and oxygen atoms in total.